The van der Waals surface area contributed by atoms with Gasteiger partial charge in [-0.3, -0.25) is 19.3 Å². The van der Waals surface area contributed by atoms with Crippen molar-refractivity contribution < 1.29 is 38.9 Å². The second-order valence-corrected chi connectivity index (χ2v) is 13.7. The van der Waals surface area contributed by atoms with Gasteiger partial charge in [-0.05, 0) is 98.8 Å². The van der Waals surface area contributed by atoms with Gasteiger partial charge in [-0.1, -0.05) is 24.0 Å². The number of methoxy groups -OCH3 is 1. The maximum atomic E-state index is 13.8. The van der Waals surface area contributed by atoms with E-state index in [1.807, 2.05) is 4.90 Å². The van der Waals surface area contributed by atoms with Gasteiger partial charge >= 0.3 is 11.9 Å². The molecule has 1 saturated heterocycles. The van der Waals surface area contributed by atoms with E-state index in [1.54, 1.807) is 18.2 Å². The molecule has 1 aromatic heterocycles. The minimum absolute atomic E-state index is 0.00820. The van der Waals surface area contributed by atoms with Crippen molar-refractivity contribution in [3.8, 4) is 22.8 Å². The minimum atomic E-state index is -1.51. The van der Waals surface area contributed by atoms with Gasteiger partial charge in [0.25, 0.3) is 5.91 Å². The molecular weight excluding hydrogens is 578 g/mol. The second-order valence-electron chi connectivity index (χ2n) is 12.0. The highest BCUT2D eigenvalue weighted by Crippen LogP contribution is 2.56. The number of thioether (sulfide) groups is 1. The first-order valence-electron chi connectivity index (χ1n) is 14.3. The van der Waals surface area contributed by atoms with Gasteiger partial charge < -0.3 is 24.5 Å². The van der Waals surface area contributed by atoms with Gasteiger partial charge in [0.05, 0.1) is 12.0 Å². The van der Waals surface area contributed by atoms with Crippen LogP contribution in [-0.4, -0.2) is 55.5 Å². The summed E-state index contributed by atoms with van der Waals surface area (Å²) < 4.78 is 12.1. The molecule has 2 heterocycles. The number of phenols is 1. The predicted octanol–water partition coefficient (Wildman–Crippen LogP) is 5.79. The number of aryl methyl sites for hydroxylation is 1. The number of amides is 1. The quantitative estimate of drug-likeness (QED) is 0.172. The largest absolute Gasteiger partial charge is 0.508 e. The topological polar surface area (TPSA) is 138 Å². The number of benzene rings is 1. The van der Waals surface area contributed by atoms with Gasteiger partial charge in [-0.2, -0.15) is 0 Å². The minimum Gasteiger partial charge on any atom is -0.508 e. The number of aliphatic carboxylic acids is 2. The molecule has 3 N–H and O–H groups in total. The predicted molar refractivity (Wildman–Crippen MR) is 160 cm³/mol. The van der Waals surface area contributed by atoms with E-state index in [-0.39, 0.29) is 30.5 Å². The molecule has 0 spiro atoms. The van der Waals surface area contributed by atoms with Gasteiger partial charge in [0, 0.05) is 23.7 Å². The highest BCUT2D eigenvalue weighted by Gasteiger charge is 2.53. The van der Waals surface area contributed by atoms with Crippen LogP contribution < -0.4 is 4.74 Å². The Labute approximate surface area is 252 Å². The molecule has 9 nitrogen and oxygen atoms in total. The molecule has 4 saturated carbocycles. The number of carboxylic acids is 2. The van der Waals surface area contributed by atoms with Crippen molar-refractivity contribution in [3.05, 3.63) is 40.5 Å². The van der Waals surface area contributed by atoms with E-state index in [0.717, 1.165) is 11.8 Å². The first kappa shape index (κ1) is 28.8. The van der Waals surface area contributed by atoms with Crippen LogP contribution in [0.4, 0.5) is 0 Å². The molecule has 0 radical (unpaired) electrons. The Morgan fingerprint density at radius 1 is 1.10 bits per heavy atom. The van der Waals surface area contributed by atoms with E-state index in [9.17, 15) is 29.7 Å². The normalized spacial score (nSPS) is 27.4. The standard InChI is InChI=1S/C31H33NO8S2/c1-39-22-11-18(10-21(33)13-22)24-12-17(3-2-4-23(29(35)36)30(37)38)25(40-24)14-26-28(34)32(31(41)42-26)27-19-6-15-5-16(8-19)9-20(27)7-15/h10-16,19-20,23,27,33H,2-9H2,1H3,(H,35,36)(H,37,38). The Balaban J connectivity index is 1.29. The number of hydrogen-bond acceptors (Lipinski definition) is 8. The molecule has 1 amide bonds. The van der Waals surface area contributed by atoms with E-state index in [4.69, 9.17) is 21.4 Å². The Hall–Kier alpha value is -3.31. The van der Waals surface area contributed by atoms with Crippen LogP contribution in [0.3, 0.4) is 0 Å². The number of furan rings is 1. The van der Waals surface area contributed by atoms with Crippen molar-refractivity contribution in [1.82, 2.24) is 4.90 Å². The Morgan fingerprint density at radius 3 is 2.38 bits per heavy atom. The van der Waals surface area contributed by atoms with Crippen LogP contribution in [0, 0.1) is 29.6 Å². The summed E-state index contributed by atoms with van der Waals surface area (Å²) in [7, 11) is 1.49. The molecule has 42 heavy (non-hydrogen) atoms. The fourth-order valence-electron chi connectivity index (χ4n) is 7.77. The van der Waals surface area contributed by atoms with Gasteiger partial charge in [0.2, 0.25) is 0 Å². The average Bonchev–Trinajstić information content (AvgIpc) is 3.45. The zero-order valence-electron chi connectivity index (χ0n) is 23.2. The van der Waals surface area contributed by atoms with Crippen molar-refractivity contribution in [1.29, 1.82) is 0 Å². The lowest BCUT2D eigenvalue weighted by molar-refractivity contribution is -0.154. The monoisotopic (exact) mass is 611 g/mol. The molecule has 5 fully saturated rings. The number of phenolic OH excluding ortho intramolecular Hbond substituents is 1. The second kappa shape index (κ2) is 11.4. The third-order valence-corrected chi connectivity index (χ3v) is 10.7. The highest BCUT2D eigenvalue weighted by atomic mass is 32.2. The molecule has 11 heteroatoms. The first-order chi connectivity index (χ1) is 20.1. The van der Waals surface area contributed by atoms with Crippen LogP contribution in [0.1, 0.15) is 56.3 Å². The lowest BCUT2D eigenvalue weighted by Gasteiger charge is -2.56. The van der Waals surface area contributed by atoms with Crippen LogP contribution >= 0.6 is 24.0 Å². The Kier molecular flexibility index (Phi) is 7.82. The summed E-state index contributed by atoms with van der Waals surface area (Å²) in [5, 5.41) is 28.7. The number of carboxylic acid groups (broad SMARTS) is 2. The van der Waals surface area contributed by atoms with Gasteiger partial charge in [0.15, 0.2) is 5.92 Å². The number of hydrogen-bond donors (Lipinski definition) is 3. The molecular formula is C31H33NO8S2. The van der Waals surface area contributed by atoms with Crippen molar-refractivity contribution >= 4 is 52.2 Å². The van der Waals surface area contributed by atoms with Crippen molar-refractivity contribution in [2.24, 2.45) is 29.6 Å². The molecule has 222 valence electrons. The summed E-state index contributed by atoms with van der Waals surface area (Å²) in [4.78, 5) is 38.9. The summed E-state index contributed by atoms with van der Waals surface area (Å²) in [5.41, 5.74) is 1.25. The molecule has 1 aromatic carbocycles. The van der Waals surface area contributed by atoms with Gasteiger partial charge in [-0.25, -0.2) is 0 Å². The lowest BCUT2D eigenvalue weighted by atomic mass is 9.54. The molecule has 7 rings (SSSR count). The third-order valence-electron chi connectivity index (χ3n) is 9.35. The fourth-order valence-corrected chi connectivity index (χ4v) is 9.09. The number of carbonyl (C=O) groups is 3. The highest BCUT2D eigenvalue weighted by molar-refractivity contribution is 8.26. The van der Waals surface area contributed by atoms with Crippen LogP contribution in [0.25, 0.3) is 17.4 Å². The smallest absolute Gasteiger partial charge is 0.317 e. The van der Waals surface area contributed by atoms with E-state index in [0.29, 0.717) is 55.9 Å². The number of carbonyl (C=O) groups excluding carboxylic acids is 1. The van der Waals surface area contributed by atoms with Crippen molar-refractivity contribution in [2.45, 2.75) is 57.4 Å². The summed E-state index contributed by atoms with van der Waals surface area (Å²) in [6.07, 6.45) is 8.24. The van der Waals surface area contributed by atoms with Gasteiger partial charge in [-0.15, -0.1) is 0 Å². The average molecular weight is 612 g/mol. The molecule has 0 unspecified atom stereocenters. The number of rotatable bonds is 10. The number of aromatic hydroxyl groups is 1. The molecule has 0 atom stereocenters. The van der Waals surface area contributed by atoms with E-state index < -0.39 is 17.9 Å². The molecule has 5 aliphatic rings. The van der Waals surface area contributed by atoms with Gasteiger partial charge in [0.1, 0.15) is 27.3 Å². The Bertz CT molecular complexity index is 1440. The van der Waals surface area contributed by atoms with Crippen molar-refractivity contribution in [2.75, 3.05) is 7.11 Å². The summed E-state index contributed by atoms with van der Waals surface area (Å²) in [6, 6.07) is 6.64. The molecule has 4 bridgehead atoms. The fraction of sp³-hybridized carbons (Fsp3) is 0.484. The maximum Gasteiger partial charge on any atom is 0.317 e. The van der Waals surface area contributed by atoms with Crippen LogP contribution in [0.2, 0.25) is 0 Å². The van der Waals surface area contributed by atoms with E-state index in [1.165, 1.54) is 63.1 Å². The number of nitrogens with zero attached hydrogens (tertiary/aromatic N) is 1. The summed E-state index contributed by atoms with van der Waals surface area (Å²) in [5.74, 6) is -0.564. The van der Waals surface area contributed by atoms with E-state index in [2.05, 4.69) is 0 Å². The number of thiocarbonyl (C=S) groups is 1. The zero-order valence-corrected chi connectivity index (χ0v) is 24.8. The van der Waals surface area contributed by atoms with Crippen LogP contribution in [0.15, 0.2) is 33.6 Å². The van der Waals surface area contributed by atoms with Crippen LogP contribution in [-0.2, 0) is 20.8 Å². The van der Waals surface area contributed by atoms with Crippen LogP contribution in [0.5, 0.6) is 11.5 Å². The Morgan fingerprint density at radius 2 is 1.76 bits per heavy atom. The van der Waals surface area contributed by atoms with Crippen molar-refractivity contribution in [3.63, 3.8) is 0 Å². The zero-order chi connectivity index (χ0) is 29.7. The lowest BCUT2D eigenvalue weighted by Crippen LogP contribution is -2.57. The summed E-state index contributed by atoms with van der Waals surface area (Å²) in [6.45, 7) is 0. The molecule has 4 aliphatic carbocycles. The summed E-state index contributed by atoms with van der Waals surface area (Å²) >= 11 is 7.03. The first-order valence-corrected chi connectivity index (χ1v) is 15.6. The number of ether oxygens (including phenoxy) is 1. The van der Waals surface area contributed by atoms with E-state index >= 15 is 0 Å². The molecule has 1 aliphatic heterocycles. The SMILES string of the molecule is COc1cc(O)cc(-c2cc(CCCC(C(=O)O)C(=O)O)c(C=C3SC(=S)N(C4C5CC6CC(C5)CC4C6)C3=O)o2)c1. The third kappa shape index (κ3) is 5.44. The maximum absolute atomic E-state index is 13.8. The molecule has 2 aromatic rings.